The van der Waals surface area contributed by atoms with E-state index in [1.54, 1.807) is 0 Å². The Morgan fingerprint density at radius 1 is 1.28 bits per heavy atom. The number of nitrogens with zero attached hydrogens (tertiary/aromatic N) is 2. The number of para-hydroxylation sites is 1. The lowest BCUT2D eigenvalue weighted by Gasteiger charge is -2.00. The molecule has 1 amide bonds. The molecule has 5 nitrogen and oxygen atoms in total. The highest BCUT2D eigenvalue weighted by molar-refractivity contribution is 7.17. The summed E-state index contributed by atoms with van der Waals surface area (Å²) in [6, 6.07) is 9.28. The van der Waals surface area contributed by atoms with Gasteiger partial charge in [0.25, 0.3) is 5.91 Å². The first-order chi connectivity index (χ1) is 8.79. The quantitative estimate of drug-likeness (QED) is 0.869. The van der Waals surface area contributed by atoms with Crippen molar-refractivity contribution in [3.05, 3.63) is 35.3 Å². The molecule has 0 atom stereocenters. The van der Waals surface area contributed by atoms with Crippen LogP contribution >= 0.6 is 11.3 Å². The Morgan fingerprint density at radius 3 is 2.78 bits per heavy atom. The first-order valence-corrected chi connectivity index (χ1v) is 6.55. The smallest absolute Gasteiger partial charge is 0.286 e. The average molecular weight is 262 g/mol. The Kier molecular flexibility index (Phi) is 4.25. The molecule has 2 aromatic rings. The third kappa shape index (κ3) is 3.27. The fourth-order valence-electron chi connectivity index (χ4n) is 1.32. The SMILES string of the molecule is CCCNc1nnc(C(=O)Nc2ccccc2)s1. The molecule has 18 heavy (non-hydrogen) atoms. The zero-order chi connectivity index (χ0) is 12.8. The molecule has 0 aliphatic carbocycles. The fourth-order valence-corrected chi connectivity index (χ4v) is 1.99. The van der Waals surface area contributed by atoms with Crippen molar-refractivity contribution in [2.24, 2.45) is 0 Å². The van der Waals surface area contributed by atoms with Crippen LogP contribution in [-0.4, -0.2) is 22.6 Å². The van der Waals surface area contributed by atoms with Crippen molar-refractivity contribution in [1.29, 1.82) is 0 Å². The highest BCUT2D eigenvalue weighted by Gasteiger charge is 2.12. The molecular formula is C12H14N4OS. The van der Waals surface area contributed by atoms with Gasteiger partial charge < -0.3 is 10.6 Å². The van der Waals surface area contributed by atoms with Gasteiger partial charge in [0, 0.05) is 12.2 Å². The number of benzene rings is 1. The zero-order valence-corrected chi connectivity index (χ0v) is 10.8. The zero-order valence-electron chi connectivity index (χ0n) is 10.0. The van der Waals surface area contributed by atoms with Crippen molar-refractivity contribution in [3.63, 3.8) is 0 Å². The minimum atomic E-state index is -0.233. The Morgan fingerprint density at radius 2 is 2.06 bits per heavy atom. The maximum Gasteiger partial charge on any atom is 0.286 e. The Hall–Kier alpha value is -1.95. The van der Waals surface area contributed by atoms with E-state index in [1.165, 1.54) is 11.3 Å². The maximum absolute atomic E-state index is 11.9. The molecule has 94 valence electrons. The van der Waals surface area contributed by atoms with E-state index in [0.29, 0.717) is 10.1 Å². The van der Waals surface area contributed by atoms with Gasteiger partial charge in [-0.15, -0.1) is 10.2 Å². The first kappa shape index (κ1) is 12.5. The van der Waals surface area contributed by atoms with E-state index < -0.39 is 0 Å². The number of carbonyl (C=O) groups excluding carboxylic acids is 1. The molecule has 0 fully saturated rings. The van der Waals surface area contributed by atoms with Crippen molar-refractivity contribution in [3.8, 4) is 0 Å². The summed E-state index contributed by atoms with van der Waals surface area (Å²) in [5, 5.41) is 14.7. The topological polar surface area (TPSA) is 66.9 Å². The van der Waals surface area contributed by atoms with Crippen LogP contribution in [0, 0.1) is 0 Å². The highest BCUT2D eigenvalue weighted by Crippen LogP contribution is 2.16. The third-order valence-corrected chi connectivity index (χ3v) is 3.06. The molecule has 0 bridgehead atoms. The Bertz CT molecular complexity index is 512. The normalized spacial score (nSPS) is 10.1. The second kappa shape index (κ2) is 6.11. The van der Waals surface area contributed by atoms with E-state index >= 15 is 0 Å². The first-order valence-electron chi connectivity index (χ1n) is 5.73. The molecule has 0 aliphatic heterocycles. The lowest BCUT2D eigenvalue weighted by Crippen LogP contribution is -2.11. The van der Waals surface area contributed by atoms with Gasteiger partial charge in [-0.2, -0.15) is 0 Å². The van der Waals surface area contributed by atoms with E-state index in [0.717, 1.165) is 18.7 Å². The molecule has 0 aliphatic rings. The molecule has 1 heterocycles. The molecule has 0 spiro atoms. The summed E-state index contributed by atoms with van der Waals surface area (Å²) >= 11 is 1.25. The molecule has 0 saturated carbocycles. The van der Waals surface area contributed by atoms with Crippen LogP contribution in [0.1, 0.15) is 23.1 Å². The molecular weight excluding hydrogens is 248 g/mol. The average Bonchev–Trinajstić information content (AvgIpc) is 2.86. The van der Waals surface area contributed by atoms with Gasteiger partial charge >= 0.3 is 0 Å². The number of amides is 1. The van der Waals surface area contributed by atoms with Gasteiger partial charge in [-0.1, -0.05) is 36.5 Å². The Labute approximate surface area is 109 Å². The lowest BCUT2D eigenvalue weighted by molar-refractivity contribution is 0.102. The van der Waals surface area contributed by atoms with E-state index in [9.17, 15) is 4.79 Å². The van der Waals surface area contributed by atoms with Gasteiger partial charge in [-0.05, 0) is 18.6 Å². The standard InChI is InChI=1S/C12H14N4OS/c1-2-8-13-12-16-15-11(18-12)10(17)14-9-6-4-3-5-7-9/h3-7H,2,8H2,1H3,(H,13,16)(H,14,17). The number of hydrogen-bond donors (Lipinski definition) is 2. The summed E-state index contributed by atoms with van der Waals surface area (Å²) in [7, 11) is 0. The van der Waals surface area contributed by atoms with Crippen LogP contribution < -0.4 is 10.6 Å². The number of nitrogens with one attached hydrogen (secondary N) is 2. The van der Waals surface area contributed by atoms with Crippen LogP contribution in [-0.2, 0) is 0 Å². The number of carbonyl (C=O) groups is 1. The predicted molar refractivity (Wildman–Crippen MR) is 73.1 cm³/mol. The summed E-state index contributed by atoms with van der Waals surface area (Å²) in [6.07, 6.45) is 1.01. The minimum Gasteiger partial charge on any atom is -0.360 e. The van der Waals surface area contributed by atoms with Crippen LogP contribution in [0.5, 0.6) is 0 Å². The summed E-state index contributed by atoms with van der Waals surface area (Å²) in [4.78, 5) is 11.9. The van der Waals surface area contributed by atoms with Gasteiger partial charge in [0.2, 0.25) is 10.1 Å². The molecule has 0 saturated heterocycles. The predicted octanol–water partition coefficient (Wildman–Crippen LogP) is 2.61. The van der Waals surface area contributed by atoms with E-state index in [4.69, 9.17) is 0 Å². The summed E-state index contributed by atoms with van der Waals surface area (Å²) in [5.41, 5.74) is 0.751. The van der Waals surface area contributed by atoms with Gasteiger partial charge in [0.1, 0.15) is 0 Å². The maximum atomic E-state index is 11.9. The molecule has 1 aromatic heterocycles. The number of anilines is 2. The second-order valence-corrected chi connectivity index (χ2v) is 4.64. The highest BCUT2D eigenvalue weighted by atomic mass is 32.1. The lowest BCUT2D eigenvalue weighted by atomic mass is 10.3. The van der Waals surface area contributed by atoms with Crippen LogP contribution in [0.15, 0.2) is 30.3 Å². The van der Waals surface area contributed by atoms with Crippen LogP contribution in [0.4, 0.5) is 10.8 Å². The van der Waals surface area contributed by atoms with E-state index in [2.05, 4.69) is 27.8 Å². The number of aromatic nitrogens is 2. The molecule has 2 rings (SSSR count). The molecule has 6 heteroatoms. The van der Waals surface area contributed by atoms with E-state index in [-0.39, 0.29) is 5.91 Å². The molecule has 1 aromatic carbocycles. The molecule has 0 radical (unpaired) electrons. The second-order valence-electron chi connectivity index (χ2n) is 3.66. The van der Waals surface area contributed by atoms with E-state index in [1.807, 2.05) is 30.3 Å². The molecule has 2 N–H and O–H groups in total. The summed E-state index contributed by atoms with van der Waals surface area (Å²) < 4.78 is 0. The molecule has 0 unspecified atom stereocenters. The van der Waals surface area contributed by atoms with Crippen molar-refractivity contribution in [1.82, 2.24) is 10.2 Å². The van der Waals surface area contributed by atoms with Crippen molar-refractivity contribution >= 4 is 28.1 Å². The Balaban J connectivity index is 1.99. The third-order valence-electron chi connectivity index (χ3n) is 2.18. The van der Waals surface area contributed by atoms with Gasteiger partial charge in [0.05, 0.1) is 0 Å². The van der Waals surface area contributed by atoms with Gasteiger partial charge in [-0.25, -0.2) is 0 Å². The van der Waals surface area contributed by atoms with Crippen LogP contribution in [0.2, 0.25) is 0 Å². The van der Waals surface area contributed by atoms with Crippen molar-refractivity contribution < 1.29 is 4.79 Å². The monoisotopic (exact) mass is 262 g/mol. The van der Waals surface area contributed by atoms with Gasteiger partial charge in [0.15, 0.2) is 0 Å². The van der Waals surface area contributed by atoms with Crippen LogP contribution in [0.25, 0.3) is 0 Å². The number of rotatable bonds is 5. The van der Waals surface area contributed by atoms with Crippen LogP contribution in [0.3, 0.4) is 0 Å². The number of hydrogen-bond acceptors (Lipinski definition) is 5. The van der Waals surface area contributed by atoms with Crippen molar-refractivity contribution in [2.45, 2.75) is 13.3 Å². The fraction of sp³-hybridized carbons (Fsp3) is 0.250. The summed E-state index contributed by atoms with van der Waals surface area (Å²) in [5.74, 6) is -0.233. The van der Waals surface area contributed by atoms with Gasteiger partial charge in [-0.3, -0.25) is 4.79 Å². The summed E-state index contributed by atoms with van der Waals surface area (Å²) in [6.45, 7) is 2.89. The minimum absolute atomic E-state index is 0.233. The largest absolute Gasteiger partial charge is 0.360 e. The van der Waals surface area contributed by atoms with Crippen molar-refractivity contribution in [2.75, 3.05) is 17.2 Å².